The summed E-state index contributed by atoms with van der Waals surface area (Å²) in [5, 5.41) is 0. The molecule has 0 bridgehead atoms. The van der Waals surface area contributed by atoms with Crippen molar-refractivity contribution in [2.45, 2.75) is 52.6 Å². The Morgan fingerprint density at radius 1 is 1.39 bits per heavy atom. The maximum atomic E-state index is 12.4. The summed E-state index contributed by atoms with van der Waals surface area (Å²) in [4.78, 5) is 14.9. The maximum absolute atomic E-state index is 12.4. The van der Waals surface area contributed by atoms with Gasteiger partial charge in [-0.25, -0.2) is 0 Å². The first-order valence-electron chi connectivity index (χ1n) is 7.37. The molecule has 0 radical (unpaired) electrons. The molecule has 3 nitrogen and oxygen atoms in total. The van der Waals surface area contributed by atoms with Gasteiger partial charge in [-0.3, -0.25) is 9.69 Å². The first kappa shape index (κ1) is 14.0. The molecule has 0 aromatic rings. The number of nitrogens with zero attached hydrogens (tertiary/aromatic N) is 1. The van der Waals surface area contributed by atoms with Crippen LogP contribution in [0.2, 0.25) is 0 Å². The molecule has 0 amide bonds. The van der Waals surface area contributed by atoms with E-state index in [1.807, 2.05) is 0 Å². The predicted octanol–water partition coefficient (Wildman–Crippen LogP) is 2.49. The Morgan fingerprint density at radius 3 is 2.94 bits per heavy atom. The molecule has 1 aliphatic heterocycles. The van der Waals surface area contributed by atoms with Crippen molar-refractivity contribution < 1.29 is 9.53 Å². The van der Waals surface area contributed by atoms with E-state index < -0.39 is 0 Å². The molecule has 2 unspecified atom stereocenters. The SMILES string of the molecule is CC1CN(CC2CCCC(C)(C)C2=O)CCCO1. The lowest BCUT2D eigenvalue weighted by molar-refractivity contribution is -0.135. The summed E-state index contributed by atoms with van der Waals surface area (Å²) in [6, 6.07) is 0. The predicted molar refractivity (Wildman–Crippen MR) is 72.6 cm³/mol. The van der Waals surface area contributed by atoms with Gasteiger partial charge in [0.15, 0.2) is 0 Å². The monoisotopic (exact) mass is 253 g/mol. The van der Waals surface area contributed by atoms with Gasteiger partial charge in [-0.05, 0) is 26.2 Å². The molecular formula is C15H27NO2. The van der Waals surface area contributed by atoms with Gasteiger partial charge >= 0.3 is 0 Å². The molecule has 0 spiro atoms. The highest BCUT2D eigenvalue weighted by Gasteiger charge is 2.37. The largest absolute Gasteiger partial charge is 0.377 e. The number of hydrogen-bond acceptors (Lipinski definition) is 3. The minimum atomic E-state index is -0.100. The third-order valence-electron chi connectivity index (χ3n) is 4.41. The Hall–Kier alpha value is -0.410. The second-order valence-corrected chi connectivity index (χ2v) is 6.63. The topological polar surface area (TPSA) is 29.5 Å². The molecule has 18 heavy (non-hydrogen) atoms. The van der Waals surface area contributed by atoms with Gasteiger partial charge < -0.3 is 4.74 Å². The van der Waals surface area contributed by atoms with E-state index in [1.165, 1.54) is 6.42 Å². The van der Waals surface area contributed by atoms with E-state index in [0.717, 1.165) is 45.5 Å². The molecule has 3 heteroatoms. The fourth-order valence-electron chi connectivity index (χ4n) is 3.33. The van der Waals surface area contributed by atoms with Gasteiger partial charge in [0.2, 0.25) is 0 Å². The van der Waals surface area contributed by atoms with Crippen molar-refractivity contribution in [1.29, 1.82) is 0 Å². The number of hydrogen-bond donors (Lipinski definition) is 0. The van der Waals surface area contributed by atoms with Crippen molar-refractivity contribution in [2.24, 2.45) is 11.3 Å². The number of rotatable bonds is 2. The molecule has 2 atom stereocenters. The average molecular weight is 253 g/mol. The fourth-order valence-corrected chi connectivity index (χ4v) is 3.33. The van der Waals surface area contributed by atoms with Crippen LogP contribution in [0, 0.1) is 11.3 Å². The zero-order valence-electron chi connectivity index (χ0n) is 12.1. The van der Waals surface area contributed by atoms with E-state index >= 15 is 0 Å². The number of ether oxygens (including phenoxy) is 1. The van der Waals surface area contributed by atoms with Gasteiger partial charge in [-0.2, -0.15) is 0 Å². The van der Waals surface area contributed by atoms with E-state index in [1.54, 1.807) is 0 Å². The van der Waals surface area contributed by atoms with Gasteiger partial charge in [0.05, 0.1) is 6.10 Å². The van der Waals surface area contributed by atoms with Crippen LogP contribution >= 0.6 is 0 Å². The van der Waals surface area contributed by atoms with Crippen molar-refractivity contribution in [1.82, 2.24) is 4.90 Å². The Morgan fingerprint density at radius 2 is 2.17 bits per heavy atom. The molecule has 0 aromatic heterocycles. The van der Waals surface area contributed by atoms with Crippen LogP contribution in [0.1, 0.15) is 46.5 Å². The second-order valence-electron chi connectivity index (χ2n) is 6.63. The number of carbonyl (C=O) groups excluding carboxylic acids is 1. The van der Waals surface area contributed by atoms with E-state index in [0.29, 0.717) is 11.9 Å². The van der Waals surface area contributed by atoms with Crippen molar-refractivity contribution in [3.8, 4) is 0 Å². The molecule has 1 saturated carbocycles. The lowest BCUT2D eigenvalue weighted by Crippen LogP contribution is -2.43. The summed E-state index contributed by atoms with van der Waals surface area (Å²) in [7, 11) is 0. The second kappa shape index (κ2) is 5.70. The van der Waals surface area contributed by atoms with Gasteiger partial charge in [0.1, 0.15) is 5.78 Å². The van der Waals surface area contributed by atoms with Crippen LogP contribution in [-0.4, -0.2) is 43.0 Å². The minimum Gasteiger partial charge on any atom is -0.377 e. The zero-order valence-corrected chi connectivity index (χ0v) is 12.1. The molecular weight excluding hydrogens is 226 g/mol. The van der Waals surface area contributed by atoms with E-state index in [2.05, 4.69) is 25.7 Å². The molecule has 1 saturated heterocycles. The Labute approximate surface area is 111 Å². The molecule has 1 aliphatic carbocycles. The van der Waals surface area contributed by atoms with Crippen molar-refractivity contribution in [2.75, 3.05) is 26.2 Å². The lowest BCUT2D eigenvalue weighted by Gasteiger charge is -2.36. The number of carbonyl (C=O) groups is 1. The van der Waals surface area contributed by atoms with Crippen molar-refractivity contribution in [3.05, 3.63) is 0 Å². The molecule has 104 valence electrons. The highest BCUT2D eigenvalue weighted by Crippen LogP contribution is 2.35. The van der Waals surface area contributed by atoms with Crippen LogP contribution in [0.5, 0.6) is 0 Å². The van der Waals surface area contributed by atoms with E-state index in [9.17, 15) is 4.79 Å². The smallest absolute Gasteiger partial charge is 0.142 e. The third kappa shape index (κ3) is 3.33. The van der Waals surface area contributed by atoms with Gasteiger partial charge in [-0.1, -0.05) is 20.3 Å². The molecule has 2 fully saturated rings. The van der Waals surface area contributed by atoms with Crippen LogP contribution in [0.4, 0.5) is 0 Å². The van der Waals surface area contributed by atoms with E-state index in [-0.39, 0.29) is 11.3 Å². The molecule has 2 aliphatic rings. The van der Waals surface area contributed by atoms with Gasteiger partial charge in [-0.15, -0.1) is 0 Å². The molecule has 0 aromatic carbocycles. The van der Waals surface area contributed by atoms with Crippen LogP contribution in [0.15, 0.2) is 0 Å². The minimum absolute atomic E-state index is 0.100. The van der Waals surface area contributed by atoms with E-state index in [4.69, 9.17) is 4.74 Å². The van der Waals surface area contributed by atoms with Crippen LogP contribution in [0.25, 0.3) is 0 Å². The first-order valence-corrected chi connectivity index (χ1v) is 7.37. The summed E-state index contributed by atoms with van der Waals surface area (Å²) in [5.41, 5.74) is -0.100. The van der Waals surface area contributed by atoms with Crippen LogP contribution in [-0.2, 0) is 9.53 Å². The molecule has 2 rings (SSSR count). The van der Waals surface area contributed by atoms with Crippen LogP contribution in [0.3, 0.4) is 0 Å². The van der Waals surface area contributed by atoms with Crippen molar-refractivity contribution in [3.63, 3.8) is 0 Å². The highest BCUT2D eigenvalue weighted by atomic mass is 16.5. The summed E-state index contributed by atoms with van der Waals surface area (Å²) in [6.07, 6.45) is 4.73. The molecule has 1 heterocycles. The normalized spacial score (nSPS) is 34.3. The van der Waals surface area contributed by atoms with Gasteiger partial charge in [0.25, 0.3) is 0 Å². The maximum Gasteiger partial charge on any atom is 0.142 e. The summed E-state index contributed by atoms with van der Waals surface area (Å²) in [5.74, 6) is 0.727. The lowest BCUT2D eigenvalue weighted by atomic mass is 9.71. The Balaban J connectivity index is 1.93. The quantitative estimate of drug-likeness (QED) is 0.757. The number of Topliss-reactive ketones (excluding diaryl/α,β-unsaturated/α-hetero) is 1. The van der Waals surface area contributed by atoms with Crippen LogP contribution < -0.4 is 0 Å². The summed E-state index contributed by atoms with van der Waals surface area (Å²) in [6.45, 7) is 10.2. The highest BCUT2D eigenvalue weighted by molar-refractivity contribution is 5.87. The fraction of sp³-hybridized carbons (Fsp3) is 0.933. The molecule has 0 N–H and O–H groups in total. The summed E-state index contributed by atoms with van der Waals surface area (Å²) >= 11 is 0. The van der Waals surface area contributed by atoms with Crippen molar-refractivity contribution >= 4 is 5.78 Å². The summed E-state index contributed by atoms with van der Waals surface area (Å²) < 4.78 is 5.66. The zero-order chi connectivity index (χ0) is 13.2. The Kier molecular flexibility index (Phi) is 4.44. The Bertz CT molecular complexity index is 301. The first-order chi connectivity index (χ1) is 8.49. The standard InChI is InChI=1S/C15H27NO2/c1-12-10-16(8-5-9-18-12)11-13-6-4-7-15(2,3)14(13)17/h12-13H,4-11H2,1-3H3. The third-order valence-corrected chi connectivity index (χ3v) is 4.41. The number of ketones is 1. The average Bonchev–Trinajstić information content (AvgIpc) is 2.49. The van der Waals surface area contributed by atoms with Gasteiger partial charge in [0, 0.05) is 37.6 Å².